The van der Waals surface area contributed by atoms with E-state index >= 15 is 0 Å². The minimum atomic E-state index is -1.06. The van der Waals surface area contributed by atoms with E-state index in [0.29, 0.717) is 6.42 Å². The molecule has 5 heteroatoms. The average molecular weight is 214 g/mol. The molecule has 0 bridgehead atoms. The van der Waals surface area contributed by atoms with Gasteiger partial charge in [0.05, 0.1) is 13.2 Å². The fourth-order valence-corrected chi connectivity index (χ4v) is 1.35. The molecule has 3 N–H and O–H groups in total. The summed E-state index contributed by atoms with van der Waals surface area (Å²) in [7, 11) is 0. The molecule has 1 rings (SSSR count). The van der Waals surface area contributed by atoms with Crippen molar-refractivity contribution in [1.29, 1.82) is 0 Å². The molecule has 0 saturated carbocycles. The smallest absolute Gasteiger partial charge is 0.246 e. The maximum Gasteiger partial charge on any atom is 0.246 e. The highest BCUT2D eigenvalue weighted by atomic mass is 16.5. The Balaban J connectivity index is 2.12. The van der Waals surface area contributed by atoms with Crippen LogP contribution in [-0.4, -0.2) is 54.9 Å². The van der Waals surface area contributed by atoms with E-state index in [0.717, 1.165) is 32.8 Å². The molecule has 1 aliphatic rings. The van der Waals surface area contributed by atoms with Gasteiger partial charge in [-0.05, 0) is 0 Å². The molecule has 15 heavy (non-hydrogen) atoms. The summed E-state index contributed by atoms with van der Waals surface area (Å²) < 4.78 is 5.21. The van der Waals surface area contributed by atoms with Gasteiger partial charge in [0.2, 0.25) is 5.91 Å². The van der Waals surface area contributed by atoms with E-state index in [2.05, 4.69) is 4.90 Å². The number of carbonyl (C=O) groups excluding carboxylic acids is 1. The van der Waals surface area contributed by atoms with Gasteiger partial charge in [-0.3, -0.25) is 9.69 Å². The SMILES string of the molecule is NC(=O)C(O)C/C=C/CN1CCOCC1. The van der Waals surface area contributed by atoms with Gasteiger partial charge in [0.25, 0.3) is 0 Å². The molecule has 1 fully saturated rings. The van der Waals surface area contributed by atoms with Crippen LogP contribution in [0.25, 0.3) is 0 Å². The van der Waals surface area contributed by atoms with E-state index in [1.807, 2.05) is 6.08 Å². The second-order valence-electron chi connectivity index (χ2n) is 3.54. The van der Waals surface area contributed by atoms with Gasteiger partial charge >= 0.3 is 0 Å². The molecule has 1 heterocycles. The Hall–Kier alpha value is -0.910. The summed E-state index contributed by atoms with van der Waals surface area (Å²) in [5.74, 6) is -0.675. The van der Waals surface area contributed by atoms with Gasteiger partial charge in [0.1, 0.15) is 6.10 Å². The first kappa shape index (κ1) is 12.2. The second kappa shape index (κ2) is 6.55. The summed E-state index contributed by atoms with van der Waals surface area (Å²) >= 11 is 0. The first-order valence-corrected chi connectivity index (χ1v) is 5.12. The predicted octanol–water partition coefficient (Wildman–Crippen LogP) is -0.889. The van der Waals surface area contributed by atoms with Crippen molar-refractivity contribution in [1.82, 2.24) is 4.90 Å². The van der Waals surface area contributed by atoms with Crippen LogP contribution in [0.15, 0.2) is 12.2 Å². The maximum atomic E-state index is 10.5. The quantitative estimate of drug-likeness (QED) is 0.582. The average Bonchev–Trinajstić information content (AvgIpc) is 2.25. The Morgan fingerprint density at radius 2 is 2.13 bits per heavy atom. The topological polar surface area (TPSA) is 75.8 Å². The zero-order valence-electron chi connectivity index (χ0n) is 8.76. The number of hydrogen-bond acceptors (Lipinski definition) is 4. The number of ether oxygens (including phenoxy) is 1. The molecule has 1 atom stereocenters. The number of primary amides is 1. The predicted molar refractivity (Wildman–Crippen MR) is 56.2 cm³/mol. The van der Waals surface area contributed by atoms with Crippen molar-refractivity contribution in [2.45, 2.75) is 12.5 Å². The lowest BCUT2D eigenvalue weighted by molar-refractivity contribution is -0.125. The van der Waals surface area contributed by atoms with Crippen molar-refractivity contribution in [2.24, 2.45) is 5.73 Å². The fourth-order valence-electron chi connectivity index (χ4n) is 1.35. The van der Waals surface area contributed by atoms with Crippen LogP contribution in [0.4, 0.5) is 0 Å². The molecular weight excluding hydrogens is 196 g/mol. The van der Waals surface area contributed by atoms with Crippen molar-refractivity contribution < 1.29 is 14.6 Å². The van der Waals surface area contributed by atoms with Crippen molar-refractivity contribution in [2.75, 3.05) is 32.8 Å². The second-order valence-corrected chi connectivity index (χ2v) is 3.54. The number of aliphatic hydroxyl groups is 1. The van der Waals surface area contributed by atoms with Crippen LogP contribution in [0.1, 0.15) is 6.42 Å². The Labute approximate surface area is 89.5 Å². The van der Waals surface area contributed by atoms with Gasteiger partial charge in [0, 0.05) is 26.1 Å². The highest BCUT2D eigenvalue weighted by molar-refractivity contribution is 5.78. The van der Waals surface area contributed by atoms with E-state index in [9.17, 15) is 4.79 Å². The first-order chi connectivity index (χ1) is 7.20. The third-order valence-corrected chi connectivity index (χ3v) is 2.32. The Morgan fingerprint density at radius 1 is 1.47 bits per heavy atom. The number of carbonyl (C=O) groups is 1. The van der Waals surface area contributed by atoms with E-state index in [1.165, 1.54) is 0 Å². The Bertz CT molecular complexity index is 225. The lowest BCUT2D eigenvalue weighted by Crippen LogP contribution is -2.36. The summed E-state index contributed by atoms with van der Waals surface area (Å²) in [5, 5.41) is 9.10. The third kappa shape index (κ3) is 4.92. The van der Waals surface area contributed by atoms with Crippen LogP contribution in [0.5, 0.6) is 0 Å². The molecule has 0 spiro atoms. The summed E-state index contributed by atoms with van der Waals surface area (Å²) in [5.41, 5.74) is 4.91. The number of aliphatic hydroxyl groups excluding tert-OH is 1. The van der Waals surface area contributed by atoms with Gasteiger partial charge < -0.3 is 15.6 Å². The largest absolute Gasteiger partial charge is 0.383 e. The minimum Gasteiger partial charge on any atom is -0.383 e. The van der Waals surface area contributed by atoms with E-state index in [-0.39, 0.29) is 0 Å². The van der Waals surface area contributed by atoms with E-state index in [4.69, 9.17) is 15.6 Å². The zero-order valence-corrected chi connectivity index (χ0v) is 8.76. The fraction of sp³-hybridized carbons (Fsp3) is 0.700. The van der Waals surface area contributed by atoms with Crippen LogP contribution >= 0.6 is 0 Å². The Morgan fingerprint density at radius 3 is 2.73 bits per heavy atom. The number of amides is 1. The van der Waals surface area contributed by atoms with Crippen molar-refractivity contribution >= 4 is 5.91 Å². The van der Waals surface area contributed by atoms with Crippen LogP contribution < -0.4 is 5.73 Å². The molecule has 0 aromatic heterocycles. The number of nitrogens with zero attached hydrogens (tertiary/aromatic N) is 1. The van der Waals surface area contributed by atoms with Gasteiger partial charge in [-0.25, -0.2) is 0 Å². The molecule has 1 unspecified atom stereocenters. The van der Waals surface area contributed by atoms with Gasteiger partial charge in [0.15, 0.2) is 0 Å². The van der Waals surface area contributed by atoms with Crippen molar-refractivity contribution in [3.05, 3.63) is 12.2 Å². The van der Waals surface area contributed by atoms with E-state index in [1.54, 1.807) is 6.08 Å². The van der Waals surface area contributed by atoms with Gasteiger partial charge in [-0.2, -0.15) is 0 Å². The molecule has 1 amide bonds. The van der Waals surface area contributed by atoms with Crippen LogP contribution in [0.3, 0.4) is 0 Å². The molecule has 5 nitrogen and oxygen atoms in total. The van der Waals surface area contributed by atoms with Crippen molar-refractivity contribution in [3.8, 4) is 0 Å². The Kier molecular flexibility index (Phi) is 5.31. The first-order valence-electron chi connectivity index (χ1n) is 5.12. The molecule has 86 valence electrons. The molecule has 1 saturated heterocycles. The molecule has 0 radical (unpaired) electrons. The van der Waals surface area contributed by atoms with E-state index < -0.39 is 12.0 Å². The van der Waals surface area contributed by atoms with Gasteiger partial charge in [-0.1, -0.05) is 12.2 Å². The lowest BCUT2D eigenvalue weighted by atomic mass is 10.2. The monoisotopic (exact) mass is 214 g/mol. The van der Waals surface area contributed by atoms with Crippen LogP contribution in [0.2, 0.25) is 0 Å². The number of morpholine rings is 1. The molecule has 0 aromatic carbocycles. The maximum absolute atomic E-state index is 10.5. The molecule has 1 aliphatic heterocycles. The summed E-state index contributed by atoms with van der Waals surface area (Å²) in [6.07, 6.45) is 2.95. The zero-order chi connectivity index (χ0) is 11.1. The highest BCUT2D eigenvalue weighted by Gasteiger charge is 2.09. The molecule has 0 aliphatic carbocycles. The molecule has 0 aromatic rings. The van der Waals surface area contributed by atoms with Crippen molar-refractivity contribution in [3.63, 3.8) is 0 Å². The third-order valence-electron chi connectivity index (χ3n) is 2.32. The number of hydrogen-bond donors (Lipinski definition) is 2. The standard InChI is InChI=1S/C10H18N2O3/c11-10(14)9(13)3-1-2-4-12-5-7-15-8-6-12/h1-2,9,13H,3-8H2,(H2,11,14)/b2-1+. The van der Waals surface area contributed by atoms with Crippen LogP contribution in [0, 0.1) is 0 Å². The van der Waals surface area contributed by atoms with Crippen LogP contribution in [-0.2, 0) is 9.53 Å². The van der Waals surface area contributed by atoms with Gasteiger partial charge in [-0.15, -0.1) is 0 Å². The summed E-state index contributed by atoms with van der Waals surface area (Å²) in [6.45, 7) is 4.25. The minimum absolute atomic E-state index is 0.291. The number of nitrogens with two attached hydrogens (primary N) is 1. The highest BCUT2D eigenvalue weighted by Crippen LogP contribution is 1.98. The number of rotatable bonds is 5. The summed E-state index contributed by atoms with van der Waals surface area (Å²) in [4.78, 5) is 12.8. The lowest BCUT2D eigenvalue weighted by Gasteiger charge is -2.25. The summed E-state index contributed by atoms with van der Waals surface area (Å²) in [6, 6.07) is 0. The molecular formula is C10H18N2O3. The normalized spacial score (nSPS) is 20.6.